The van der Waals surface area contributed by atoms with E-state index in [9.17, 15) is 0 Å². The molecule has 19 heavy (non-hydrogen) atoms. The van der Waals surface area contributed by atoms with Gasteiger partial charge in [-0.2, -0.15) is 0 Å². The van der Waals surface area contributed by atoms with Crippen LogP contribution in [0.25, 0.3) is 0 Å². The number of hydrogen-bond acceptors (Lipinski definition) is 4. The third-order valence-electron chi connectivity index (χ3n) is 3.95. The van der Waals surface area contributed by atoms with Crippen molar-refractivity contribution >= 4 is 0 Å². The minimum atomic E-state index is 0.0349. The summed E-state index contributed by atoms with van der Waals surface area (Å²) in [5.74, 6) is 0.844. The van der Waals surface area contributed by atoms with Gasteiger partial charge in [-0.1, -0.05) is 13.8 Å². The van der Waals surface area contributed by atoms with Crippen molar-refractivity contribution in [3.8, 4) is 0 Å². The van der Waals surface area contributed by atoms with Crippen LogP contribution in [0.3, 0.4) is 0 Å². The largest absolute Gasteiger partial charge is 0.382 e. The molecule has 0 saturated heterocycles. The third kappa shape index (κ3) is 6.70. The molecule has 0 spiro atoms. The molecule has 1 saturated carbocycles. The first-order valence-corrected chi connectivity index (χ1v) is 7.64. The summed E-state index contributed by atoms with van der Waals surface area (Å²) in [5, 5.41) is 3.45. The summed E-state index contributed by atoms with van der Waals surface area (Å²) in [6, 6.07) is 0. The molecule has 4 nitrogen and oxygen atoms in total. The van der Waals surface area contributed by atoms with Crippen molar-refractivity contribution in [3.05, 3.63) is 0 Å². The standard InChI is InChI=1S/C15H31NO3/c1-4-16-13-15(7-5-14(2)6-8-15)19-12-11-18-10-9-17-3/h14,16H,4-13H2,1-3H3. The van der Waals surface area contributed by atoms with Gasteiger partial charge in [0.25, 0.3) is 0 Å². The summed E-state index contributed by atoms with van der Waals surface area (Å²) < 4.78 is 16.6. The van der Waals surface area contributed by atoms with Crippen molar-refractivity contribution in [2.75, 3.05) is 46.6 Å². The molecule has 0 unspecified atom stereocenters. The average molecular weight is 273 g/mol. The quantitative estimate of drug-likeness (QED) is 0.620. The van der Waals surface area contributed by atoms with Crippen molar-refractivity contribution in [1.29, 1.82) is 0 Å². The summed E-state index contributed by atoms with van der Waals surface area (Å²) in [7, 11) is 1.69. The first-order chi connectivity index (χ1) is 9.22. The van der Waals surface area contributed by atoms with Gasteiger partial charge in [0.05, 0.1) is 32.0 Å². The predicted molar refractivity (Wildman–Crippen MR) is 77.6 cm³/mol. The Labute approximate surface area is 118 Å². The summed E-state index contributed by atoms with van der Waals surface area (Å²) in [5.41, 5.74) is 0.0349. The second-order valence-electron chi connectivity index (χ2n) is 5.60. The molecular formula is C15H31NO3. The van der Waals surface area contributed by atoms with E-state index in [1.165, 1.54) is 25.7 Å². The highest BCUT2D eigenvalue weighted by atomic mass is 16.5. The number of methoxy groups -OCH3 is 1. The first kappa shape index (κ1) is 16.9. The summed E-state index contributed by atoms with van der Waals surface area (Å²) >= 11 is 0. The molecule has 1 aliphatic carbocycles. The van der Waals surface area contributed by atoms with Gasteiger partial charge in [-0.05, 0) is 38.1 Å². The molecule has 0 aliphatic heterocycles. The van der Waals surface area contributed by atoms with E-state index in [4.69, 9.17) is 14.2 Å². The zero-order valence-corrected chi connectivity index (χ0v) is 12.9. The lowest BCUT2D eigenvalue weighted by Crippen LogP contribution is -2.46. The second kappa shape index (κ2) is 9.70. The van der Waals surface area contributed by atoms with Gasteiger partial charge in [0.1, 0.15) is 0 Å². The minimum absolute atomic E-state index is 0.0349. The van der Waals surface area contributed by atoms with Gasteiger partial charge in [-0.3, -0.25) is 0 Å². The second-order valence-corrected chi connectivity index (χ2v) is 5.60. The van der Waals surface area contributed by atoms with E-state index in [1.807, 2.05) is 0 Å². The van der Waals surface area contributed by atoms with Crippen LogP contribution < -0.4 is 5.32 Å². The molecule has 0 amide bonds. The Hall–Kier alpha value is -0.160. The zero-order valence-electron chi connectivity index (χ0n) is 12.9. The lowest BCUT2D eigenvalue weighted by atomic mass is 9.79. The zero-order chi connectivity index (χ0) is 14.0. The van der Waals surface area contributed by atoms with Crippen LogP contribution in [0.5, 0.6) is 0 Å². The lowest BCUT2D eigenvalue weighted by molar-refractivity contribution is -0.0932. The van der Waals surface area contributed by atoms with E-state index in [2.05, 4.69) is 19.2 Å². The summed E-state index contributed by atoms with van der Waals surface area (Å²) in [6.45, 7) is 9.10. The van der Waals surface area contributed by atoms with Gasteiger partial charge in [0.2, 0.25) is 0 Å². The number of hydrogen-bond donors (Lipinski definition) is 1. The molecule has 0 aromatic rings. The van der Waals surface area contributed by atoms with Crippen LogP contribution in [0.1, 0.15) is 39.5 Å². The van der Waals surface area contributed by atoms with Gasteiger partial charge in [-0.25, -0.2) is 0 Å². The average Bonchev–Trinajstić information content (AvgIpc) is 2.43. The normalized spacial score (nSPS) is 27.6. The van der Waals surface area contributed by atoms with Crippen LogP contribution >= 0.6 is 0 Å². The molecule has 4 heteroatoms. The molecule has 1 rings (SSSR count). The van der Waals surface area contributed by atoms with Crippen molar-refractivity contribution in [2.45, 2.75) is 45.1 Å². The molecule has 114 valence electrons. The van der Waals surface area contributed by atoms with Gasteiger partial charge in [-0.15, -0.1) is 0 Å². The molecule has 0 radical (unpaired) electrons. The molecule has 1 N–H and O–H groups in total. The molecule has 1 aliphatic rings. The van der Waals surface area contributed by atoms with Crippen LogP contribution in [-0.2, 0) is 14.2 Å². The van der Waals surface area contributed by atoms with Crippen LogP contribution in [-0.4, -0.2) is 52.2 Å². The van der Waals surface area contributed by atoms with E-state index >= 15 is 0 Å². The van der Waals surface area contributed by atoms with Crippen LogP contribution in [0, 0.1) is 5.92 Å². The maximum atomic E-state index is 6.17. The monoisotopic (exact) mass is 273 g/mol. The van der Waals surface area contributed by atoms with E-state index in [0.717, 1.165) is 19.0 Å². The fourth-order valence-corrected chi connectivity index (χ4v) is 2.57. The number of nitrogens with one attached hydrogen (secondary N) is 1. The van der Waals surface area contributed by atoms with Gasteiger partial charge >= 0.3 is 0 Å². The van der Waals surface area contributed by atoms with Crippen LogP contribution in [0.15, 0.2) is 0 Å². The molecule has 0 aromatic carbocycles. The molecule has 0 aromatic heterocycles. The van der Waals surface area contributed by atoms with Gasteiger partial charge < -0.3 is 19.5 Å². The van der Waals surface area contributed by atoms with Crippen LogP contribution in [0.2, 0.25) is 0 Å². The maximum absolute atomic E-state index is 6.17. The van der Waals surface area contributed by atoms with E-state index in [0.29, 0.717) is 26.4 Å². The number of ether oxygens (including phenoxy) is 3. The first-order valence-electron chi connectivity index (χ1n) is 7.64. The van der Waals surface area contributed by atoms with E-state index < -0.39 is 0 Å². The Kier molecular flexibility index (Phi) is 8.62. The molecule has 0 heterocycles. The van der Waals surface area contributed by atoms with Gasteiger partial charge in [0, 0.05) is 13.7 Å². The Morgan fingerprint density at radius 1 is 1.11 bits per heavy atom. The van der Waals surface area contributed by atoms with Crippen molar-refractivity contribution in [2.24, 2.45) is 5.92 Å². The Balaban J connectivity index is 2.25. The highest BCUT2D eigenvalue weighted by Crippen LogP contribution is 2.34. The minimum Gasteiger partial charge on any atom is -0.382 e. The summed E-state index contributed by atoms with van der Waals surface area (Å²) in [6.07, 6.45) is 4.88. The fourth-order valence-electron chi connectivity index (χ4n) is 2.57. The fraction of sp³-hybridized carbons (Fsp3) is 1.00. The Morgan fingerprint density at radius 2 is 1.79 bits per heavy atom. The lowest BCUT2D eigenvalue weighted by Gasteiger charge is -2.39. The molecule has 0 bridgehead atoms. The van der Waals surface area contributed by atoms with Gasteiger partial charge in [0.15, 0.2) is 0 Å². The molecular weight excluding hydrogens is 242 g/mol. The molecule has 0 atom stereocenters. The predicted octanol–water partition coefficient (Wildman–Crippen LogP) is 2.22. The van der Waals surface area contributed by atoms with Crippen molar-refractivity contribution < 1.29 is 14.2 Å². The summed E-state index contributed by atoms with van der Waals surface area (Å²) in [4.78, 5) is 0. The SMILES string of the molecule is CCNCC1(OCCOCCOC)CCC(C)CC1. The number of likely N-dealkylation sites (N-methyl/N-ethyl adjacent to an activating group) is 1. The topological polar surface area (TPSA) is 39.7 Å². The highest BCUT2D eigenvalue weighted by Gasteiger charge is 2.34. The van der Waals surface area contributed by atoms with E-state index in [1.54, 1.807) is 7.11 Å². The van der Waals surface area contributed by atoms with Crippen molar-refractivity contribution in [1.82, 2.24) is 5.32 Å². The molecule has 1 fully saturated rings. The Morgan fingerprint density at radius 3 is 2.42 bits per heavy atom. The highest BCUT2D eigenvalue weighted by molar-refractivity contribution is 4.88. The third-order valence-corrected chi connectivity index (χ3v) is 3.95. The van der Waals surface area contributed by atoms with E-state index in [-0.39, 0.29) is 5.60 Å². The van der Waals surface area contributed by atoms with Crippen molar-refractivity contribution in [3.63, 3.8) is 0 Å². The maximum Gasteiger partial charge on any atom is 0.0807 e. The van der Waals surface area contributed by atoms with Crippen LogP contribution in [0.4, 0.5) is 0 Å². The Bertz CT molecular complexity index is 210. The number of rotatable bonds is 10. The smallest absolute Gasteiger partial charge is 0.0807 e.